The summed E-state index contributed by atoms with van der Waals surface area (Å²) in [5.41, 5.74) is 5.48. The zero-order chi connectivity index (χ0) is 20.2. The molecule has 1 heterocycles. The molecule has 4 N–H and O–H groups in total. The Hall–Kier alpha value is -3.10. The van der Waals surface area contributed by atoms with Gasteiger partial charge in [-0.05, 0) is 45.4 Å². The predicted molar refractivity (Wildman–Crippen MR) is 95.8 cm³/mol. The van der Waals surface area contributed by atoms with E-state index in [1.807, 2.05) is 0 Å². The number of carbonyl (C=O) groups is 4. The highest BCUT2D eigenvalue weighted by molar-refractivity contribution is 6.05. The van der Waals surface area contributed by atoms with Gasteiger partial charge in [-0.3, -0.25) is 19.7 Å². The molecule has 0 radical (unpaired) electrons. The Morgan fingerprint density at radius 3 is 2.63 bits per heavy atom. The van der Waals surface area contributed by atoms with Crippen molar-refractivity contribution in [2.75, 3.05) is 12.3 Å². The van der Waals surface area contributed by atoms with Crippen LogP contribution in [0.25, 0.3) is 0 Å². The van der Waals surface area contributed by atoms with E-state index < -0.39 is 29.4 Å². The molecule has 1 aromatic rings. The Balaban J connectivity index is 2.01. The smallest absolute Gasteiger partial charge is 0.344 e. The number of rotatable bonds is 5. The average molecular weight is 377 g/mol. The number of nitrogen functional groups attached to an aromatic ring is 1. The van der Waals surface area contributed by atoms with Crippen LogP contribution < -0.4 is 21.1 Å². The summed E-state index contributed by atoms with van der Waals surface area (Å²) in [6.45, 7) is 4.90. The predicted octanol–water partition coefficient (Wildman–Crippen LogP) is 0.524. The maximum absolute atomic E-state index is 12.4. The van der Waals surface area contributed by atoms with Gasteiger partial charge in [0.2, 0.25) is 11.8 Å². The topological polar surface area (TPSA) is 137 Å². The first-order chi connectivity index (χ1) is 12.5. The molecule has 1 aliphatic heterocycles. The van der Waals surface area contributed by atoms with Crippen molar-refractivity contribution in [2.24, 2.45) is 0 Å². The van der Waals surface area contributed by atoms with Gasteiger partial charge in [0.05, 0.1) is 5.56 Å². The second-order valence-corrected chi connectivity index (χ2v) is 7.10. The van der Waals surface area contributed by atoms with Gasteiger partial charge in [0.25, 0.3) is 5.91 Å². The standard InChI is InChI=1S/C18H23N3O6/c1-18(2,3)27-15(23)9-26-10-4-5-12(19)11(8-10)16(24)20-13-6-7-14(22)21-17(13)25/h4-5,8,13H,6-7,9,19H2,1-3H3,(H,20,24)(H,21,22,25). The minimum absolute atomic E-state index is 0.0985. The number of ether oxygens (including phenoxy) is 2. The lowest BCUT2D eigenvalue weighted by atomic mass is 10.0. The summed E-state index contributed by atoms with van der Waals surface area (Å²) in [5.74, 6) is -1.81. The highest BCUT2D eigenvalue weighted by Gasteiger charge is 2.28. The fourth-order valence-corrected chi connectivity index (χ4v) is 2.40. The van der Waals surface area contributed by atoms with Gasteiger partial charge in [-0.2, -0.15) is 0 Å². The normalized spacial score (nSPS) is 17.1. The first-order valence-electron chi connectivity index (χ1n) is 8.44. The molecular weight excluding hydrogens is 354 g/mol. The molecule has 0 bridgehead atoms. The van der Waals surface area contributed by atoms with Crippen LogP contribution in [0.1, 0.15) is 44.0 Å². The van der Waals surface area contributed by atoms with Crippen LogP contribution in [0.5, 0.6) is 5.75 Å². The minimum atomic E-state index is -0.819. The van der Waals surface area contributed by atoms with E-state index in [0.29, 0.717) is 0 Å². The number of nitrogens with one attached hydrogen (secondary N) is 2. The van der Waals surface area contributed by atoms with Crippen molar-refractivity contribution < 1.29 is 28.7 Å². The lowest BCUT2D eigenvalue weighted by Crippen LogP contribution is -2.52. The number of esters is 1. The summed E-state index contributed by atoms with van der Waals surface area (Å²) < 4.78 is 10.5. The quantitative estimate of drug-likeness (QED) is 0.386. The number of benzene rings is 1. The van der Waals surface area contributed by atoms with Crippen LogP contribution in [0.2, 0.25) is 0 Å². The summed E-state index contributed by atoms with van der Waals surface area (Å²) in [6.07, 6.45) is 0.357. The molecule has 0 aliphatic carbocycles. The van der Waals surface area contributed by atoms with E-state index in [9.17, 15) is 19.2 Å². The van der Waals surface area contributed by atoms with Crippen molar-refractivity contribution in [3.8, 4) is 5.75 Å². The van der Waals surface area contributed by atoms with Crippen molar-refractivity contribution in [3.05, 3.63) is 23.8 Å². The first-order valence-corrected chi connectivity index (χ1v) is 8.44. The van der Waals surface area contributed by atoms with Crippen LogP contribution in [0, 0.1) is 0 Å². The highest BCUT2D eigenvalue weighted by atomic mass is 16.6. The fraction of sp³-hybridized carbons (Fsp3) is 0.444. The van der Waals surface area contributed by atoms with Gasteiger partial charge in [0.15, 0.2) is 6.61 Å². The van der Waals surface area contributed by atoms with Gasteiger partial charge in [-0.25, -0.2) is 4.79 Å². The Morgan fingerprint density at radius 1 is 1.30 bits per heavy atom. The Kier molecular flexibility index (Phi) is 6.04. The van der Waals surface area contributed by atoms with Crippen LogP contribution in [0.3, 0.4) is 0 Å². The van der Waals surface area contributed by atoms with Crippen molar-refractivity contribution >= 4 is 29.4 Å². The van der Waals surface area contributed by atoms with Crippen LogP contribution in [0.4, 0.5) is 5.69 Å². The number of piperidine rings is 1. The highest BCUT2D eigenvalue weighted by Crippen LogP contribution is 2.21. The Morgan fingerprint density at radius 2 is 2.00 bits per heavy atom. The molecule has 1 saturated heterocycles. The maximum atomic E-state index is 12.4. The van der Waals surface area contributed by atoms with Crippen molar-refractivity contribution in [1.29, 1.82) is 0 Å². The third-order valence-electron chi connectivity index (χ3n) is 3.59. The largest absolute Gasteiger partial charge is 0.482 e. The lowest BCUT2D eigenvalue weighted by Gasteiger charge is -2.22. The molecule has 0 aromatic heterocycles. The fourth-order valence-electron chi connectivity index (χ4n) is 2.40. The van der Waals surface area contributed by atoms with E-state index in [4.69, 9.17) is 15.2 Å². The average Bonchev–Trinajstić information content (AvgIpc) is 2.55. The van der Waals surface area contributed by atoms with Crippen molar-refractivity contribution in [1.82, 2.24) is 10.6 Å². The molecule has 1 unspecified atom stereocenters. The van der Waals surface area contributed by atoms with Crippen LogP contribution in [-0.2, 0) is 19.1 Å². The molecule has 1 aromatic carbocycles. The molecule has 9 nitrogen and oxygen atoms in total. The number of carbonyl (C=O) groups excluding carboxylic acids is 4. The first kappa shape index (κ1) is 20.2. The molecule has 0 saturated carbocycles. The van der Waals surface area contributed by atoms with Gasteiger partial charge in [0.1, 0.15) is 17.4 Å². The summed E-state index contributed by atoms with van der Waals surface area (Å²) >= 11 is 0. The molecular formula is C18H23N3O6. The van der Waals surface area contributed by atoms with Crippen LogP contribution >= 0.6 is 0 Å². The SMILES string of the molecule is CC(C)(C)OC(=O)COc1ccc(N)c(C(=O)NC2CCC(=O)NC2=O)c1. The number of nitrogens with two attached hydrogens (primary N) is 1. The third kappa shape index (κ3) is 5.98. The molecule has 1 aliphatic rings. The molecule has 9 heteroatoms. The van der Waals surface area contributed by atoms with E-state index in [1.54, 1.807) is 20.8 Å². The Bertz CT molecular complexity index is 769. The summed E-state index contributed by atoms with van der Waals surface area (Å²) in [5, 5.41) is 4.70. The minimum Gasteiger partial charge on any atom is -0.482 e. The molecule has 1 atom stereocenters. The number of hydrogen-bond acceptors (Lipinski definition) is 7. The van der Waals surface area contributed by atoms with Crippen molar-refractivity contribution in [2.45, 2.75) is 45.3 Å². The maximum Gasteiger partial charge on any atom is 0.344 e. The van der Waals surface area contributed by atoms with Crippen LogP contribution in [0.15, 0.2) is 18.2 Å². The monoisotopic (exact) mass is 377 g/mol. The Labute approximate surface area is 156 Å². The second kappa shape index (κ2) is 8.07. The molecule has 0 spiro atoms. The molecule has 2 rings (SSSR count). The molecule has 1 fully saturated rings. The zero-order valence-corrected chi connectivity index (χ0v) is 15.5. The zero-order valence-electron chi connectivity index (χ0n) is 15.5. The lowest BCUT2D eigenvalue weighted by molar-refractivity contribution is -0.157. The van der Waals surface area contributed by atoms with E-state index in [2.05, 4.69) is 10.6 Å². The van der Waals surface area contributed by atoms with Gasteiger partial charge < -0.3 is 20.5 Å². The number of anilines is 1. The van der Waals surface area contributed by atoms with E-state index in [0.717, 1.165) is 0 Å². The van der Waals surface area contributed by atoms with Gasteiger partial charge in [-0.1, -0.05) is 0 Å². The number of amides is 3. The van der Waals surface area contributed by atoms with Gasteiger partial charge >= 0.3 is 5.97 Å². The van der Waals surface area contributed by atoms with Crippen molar-refractivity contribution in [3.63, 3.8) is 0 Å². The summed E-state index contributed by atoms with van der Waals surface area (Å²) in [7, 11) is 0. The third-order valence-corrected chi connectivity index (χ3v) is 3.59. The summed E-state index contributed by atoms with van der Waals surface area (Å²) in [4.78, 5) is 47.1. The summed E-state index contributed by atoms with van der Waals surface area (Å²) in [6, 6.07) is 3.54. The van der Waals surface area contributed by atoms with Gasteiger partial charge in [0, 0.05) is 12.1 Å². The second-order valence-electron chi connectivity index (χ2n) is 7.10. The molecule has 3 amide bonds. The number of hydrogen-bond donors (Lipinski definition) is 3. The van der Waals surface area contributed by atoms with E-state index >= 15 is 0 Å². The number of imide groups is 1. The van der Waals surface area contributed by atoms with E-state index in [1.165, 1.54) is 18.2 Å². The molecule has 146 valence electrons. The van der Waals surface area contributed by atoms with E-state index in [-0.39, 0.29) is 42.4 Å². The molecule has 27 heavy (non-hydrogen) atoms. The van der Waals surface area contributed by atoms with Gasteiger partial charge in [-0.15, -0.1) is 0 Å². The van der Waals surface area contributed by atoms with Crippen LogP contribution in [-0.4, -0.2) is 41.9 Å².